The number of nitrogens with zero attached hydrogens (tertiary/aromatic N) is 2. The second-order valence-electron chi connectivity index (χ2n) is 5.67. The molecule has 0 unspecified atom stereocenters. The fourth-order valence-corrected chi connectivity index (χ4v) is 2.82. The number of rotatable bonds is 3. The van der Waals surface area contributed by atoms with Crippen LogP contribution in [0.15, 0.2) is 41.2 Å². The Kier molecular flexibility index (Phi) is 4.93. The number of benzene rings is 2. The molecule has 27 heavy (non-hydrogen) atoms. The number of methoxy groups -OCH3 is 1. The first-order chi connectivity index (χ1) is 12.7. The van der Waals surface area contributed by atoms with Crippen LogP contribution in [0, 0.1) is 6.92 Å². The largest absolute Gasteiger partial charge is 0.496 e. The summed E-state index contributed by atoms with van der Waals surface area (Å²) in [7, 11) is 1.46. The first kappa shape index (κ1) is 18.9. The van der Waals surface area contributed by atoms with Crippen LogP contribution in [0.1, 0.15) is 11.1 Å². The highest BCUT2D eigenvalue weighted by atomic mass is 35.5. The quantitative estimate of drug-likeness (QED) is 0.709. The Morgan fingerprint density at radius 1 is 1.07 bits per heavy atom. The first-order valence-corrected chi connectivity index (χ1v) is 8.08. The molecule has 0 fully saturated rings. The summed E-state index contributed by atoms with van der Waals surface area (Å²) >= 11 is 6.25. The van der Waals surface area contributed by atoms with Gasteiger partial charge in [-0.05, 0) is 30.7 Å². The zero-order valence-corrected chi connectivity index (χ0v) is 14.9. The Labute approximate surface area is 156 Å². The minimum absolute atomic E-state index is 0.0258. The van der Waals surface area contributed by atoms with Crippen molar-refractivity contribution in [1.82, 2.24) is 15.0 Å². The maximum atomic E-state index is 12.7. The number of alkyl halides is 3. The molecule has 9 heteroatoms. The van der Waals surface area contributed by atoms with Gasteiger partial charge < -0.3 is 4.74 Å². The molecule has 140 valence electrons. The van der Waals surface area contributed by atoms with Gasteiger partial charge in [-0.1, -0.05) is 29.8 Å². The summed E-state index contributed by atoms with van der Waals surface area (Å²) in [5.41, 5.74) is -0.119. The van der Waals surface area contributed by atoms with Crippen molar-refractivity contribution in [3.8, 4) is 28.5 Å². The molecule has 5 nitrogen and oxygen atoms in total. The number of aromatic amines is 1. The minimum atomic E-state index is -4.46. The van der Waals surface area contributed by atoms with Crippen molar-refractivity contribution >= 4 is 11.6 Å². The predicted octanol–water partition coefficient (Wildman–Crippen LogP) is 4.49. The van der Waals surface area contributed by atoms with E-state index < -0.39 is 17.4 Å². The van der Waals surface area contributed by atoms with Gasteiger partial charge in [-0.25, -0.2) is 9.78 Å². The van der Waals surface area contributed by atoms with Crippen LogP contribution in [-0.2, 0) is 6.18 Å². The fraction of sp³-hybridized carbons (Fsp3) is 0.167. The van der Waals surface area contributed by atoms with Gasteiger partial charge in [0.2, 0.25) is 0 Å². The average Bonchev–Trinajstić information content (AvgIpc) is 2.62. The zero-order chi connectivity index (χ0) is 19.8. The molecule has 1 aromatic heterocycles. The maximum Gasteiger partial charge on any atom is 0.416 e. The van der Waals surface area contributed by atoms with Gasteiger partial charge in [0, 0.05) is 5.56 Å². The van der Waals surface area contributed by atoms with E-state index in [0.717, 1.165) is 17.7 Å². The van der Waals surface area contributed by atoms with E-state index in [1.54, 1.807) is 19.1 Å². The number of hydrogen-bond acceptors (Lipinski definition) is 4. The second kappa shape index (κ2) is 7.03. The highest BCUT2D eigenvalue weighted by Gasteiger charge is 2.30. The van der Waals surface area contributed by atoms with Gasteiger partial charge in [0.05, 0.1) is 23.3 Å². The molecular weight excluding hydrogens is 383 g/mol. The molecule has 0 bridgehead atoms. The smallest absolute Gasteiger partial charge is 0.416 e. The molecule has 0 spiro atoms. The van der Waals surface area contributed by atoms with E-state index in [2.05, 4.69) is 15.0 Å². The molecule has 0 amide bonds. The number of H-pyrrole nitrogens is 1. The molecule has 0 aliphatic heterocycles. The van der Waals surface area contributed by atoms with Crippen molar-refractivity contribution in [1.29, 1.82) is 0 Å². The van der Waals surface area contributed by atoms with Crippen molar-refractivity contribution < 1.29 is 17.9 Å². The van der Waals surface area contributed by atoms with Gasteiger partial charge in [0.25, 0.3) is 0 Å². The van der Waals surface area contributed by atoms with Crippen LogP contribution in [0.5, 0.6) is 5.75 Å². The van der Waals surface area contributed by atoms with Gasteiger partial charge in [-0.2, -0.15) is 18.2 Å². The number of halogens is 4. The number of nitrogens with one attached hydrogen (secondary N) is 1. The predicted molar refractivity (Wildman–Crippen MR) is 94.8 cm³/mol. The van der Waals surface area contributed by atoms with Crippen LogP contribution in [0.25, 0.3) is 22.8 Å². The molecule has 3 aromatic rings. The Hall–Kier alpha value is -2.87. The summed E-state index contributed by atoms with van der Waals surface area (Å²) in [6, 6.07) is 7.60. The van der Waals surface area contributed by atoms with Gasteiger partial charge >= 0.3 is 11.9 Å². The van der Waals surface area contributed by atoms with Gasteiger partial charge in [0.1, 0.15) is 11.6 Å². The third-order valence-corrected chi connectivity index (χ3v) is 4.18. The van der Waals surface area contributed by atoms with Crippen LogP contribution in [0.2, 0.25) is 5.02 Å². The molecule has 0 atom stereocenters. The van der Waals surface area contributed by atoms with E-state index in [1.165, 1.54) is 19.2 Å². The number of hydrogen-bond donors (Lipinski definition) is 1. The lowest BCUT2D eigenvalue weighted by molar-refractivity contribution is -0.137. The highest BCUT2D eigenvalue weighted by molar-refractivity contribution is 6.33. The van der Waals surface area contributed by atoms with E-state index in [1.807, 2.05) is 0 Å². The normalized spacial score (nSPS) is 11.5. The van der Waals surface area contributed by atoms with Crippen molar-refractivity contribution in [2.24, 2.45) is 0 Å². The number of ether oxygens (including phenoxy) is 1. The summed E-state index contributed by atoms with van der Waals surface area (Å²) in [4.78, 5) is 22.5. The SMILES string of the molecule is COc1c(C)ccc(Cl)c1-c1nc(-c2ccc(C(F)(F)F)cc2)nc(=O)[nH]1. The van der Waals surface area contributed by atoms with E-state index in [9.17, 15) is 18.0 Å². The average molecular weight is 396 g/mol. The van der Waals surface area contributed by atoms with Crippen LogP contribution in [0.4, 0.5) is 13.2 Å². The van der Waals surface area contributed by atoms with Gasteiger partial charge in [0.15, 0.2) is 5.82 Å². The van der Waals surface area contributed by atoms with E-state index in [-0.39, 0.29) is 17.2 Å². The molecule has 0 aliphatic carbocycles. The van der Waals surface area contributed by atoms with Crippen LogP contribution in [-0.4, -0.2) is 22.1 Å². The fourth-order valence-electron chi connectivity index (χ4n) is 2.59. The molecule has 1 N–H and O–H groups in total. The van der Waals surface area contributed by atoms with Crippen molar-refractivity contribution in [2.45, 2.75) is 13.1 Å². The topological polar surface area (TPSA) is 67.9 Å². The summed E-state index contributed by atoms with van der Waals surface area (Å²) in [6.45, 7) is 1.80. The van der Waals surface area contributed by atoms with E-state index in [4.69, 9.17) is 16.3 Å². The lowest BCUT2D eigenvalue weighted by atomic mass is 10.1. The van der Waals surface area contributed by atoms with E-state index in [0.29, 0.717) is 16.3 Å². The Balaban J connectivity index is 2.14. The number of aryl methyl sites for hydroxylation is 1. The molecule has 1 heterocycles. The maximum absolute atomic E-state index is 12.7. The molecule has 0 radical (unpaired) electrons. The zero-order valence-electron chi connectivity index (χ0n) is 14.2. The van der Waals surface area contributed by atoms with Gasteiger partial charge in [-0.15, -0.1) is 0 Å². The van der Waals surface area contributed by atoms with Crippen LogP contribution >= 0.6 is 11.6 Å². The first-order valence-electron chi connectivity index (χ1n) is 7.70. The molecule has 0 saturated heterocycles. The van der Waals surface area contributed by atoms with Crippen LogP contribution < -0.4 is 10.4 Å². The van der Waals surface area contributed by atoms with Crippen molar-refractivity contribution in [3.63, 3.8) is 0 Å². The van der Waals surface area contributed by atoms with Crippen LogP contribution in [0.3, 0.4) is 0 Å². The molecular formula is C18H13ClF3N3O2. The molecule has 2 aromatic carbocycles. The standard InChI is InChI=1S/C18H13ClF3N3O2/c1-9-3-8-12(19)13(14(9)27-2)16-23-15(24-17(26)25-16)10-4-6-11(7-5-10)18(20,21)22/h3-8H,1-2H3,(H,23,24,25,26). The van der Waals surface area contributed by atoms with E-state index >= 15 is 0 Å². The summed E-state index contributed by atoms with van der Waals surface area (Å²) < 4.78 is 43.5. The Bertz CT molecular complexity index is 1050. The third kappa shape index (κ3) is 3.80. The molecule has 0 saturated carbocycles. The third-order valence-electron chi connectivity index (χ3n) is 3.87. The Morgan fingerprint density at radius 3 is 2.33 bits per heavy atom. The summed E-state index contributed by atoms with van der Waals surface area (Å²) in [6.07, 6.45) is -4.46. The lowest BCUT2D eigenvalue weighted by Gasteiger charge is -2.13. The van der Waals surface area contributed by atoms with Gasteiger partial charge in [-0.3, -0.25) is 4.98 Å². The Morgan fingerprint density at radius 2 is 1.74 bits per heavy atom. The molecule has 0 aliphatic rings. The lowest BCUT2D eigenvalue weighted by Crippen LogP contribution is -2.15. The van der Waals surface area contributed by atoms with Crippen molar-refractivity contribution in [2.75, 3.05) is 7.11 Å². The highest BCUT2D eigenvalue weighted by Crippen LogP contribution is 2.37. The monoisotopic (exact) mass is 395 g/mol. The minimum Gasteiger partial charge on any atom is -0.496 e. The van der Waals surface area contributed by atoms with Crippen molar-refractivity contribution in [3.05, 3.63) is 63.0 Å². The molecule has 3 rings (SSSR count). The number of aromatic nitrogens is 3. The summed E-state index contributed by atoms with van der Waals surface area (Å²) in [5.74, 6) is 0.507. The summed E-state index contributed by atoms with van der Waals surface area (Å²) in [5, 5.41) is 0.296. The second-order valence-corrected chi connectivity index (χ2v) is 6.08.